The van der Waals surface area contributed by atoms with E-state index in [2.05, 4.69) is 0 Å². The number of nitrogens with zero attached hydrogens (tertiary/aromatic N) is 1. The molecular weight excluding hydrogens is 314 g/mol. The van der Waals surface area contributed by atoms with Crippen LogP contribution < -0.4 is 9.47 Å². The molecule has 0 N–H and O–H groups in total. The molecule has 7 nitrogen and oxygen atoms in total. The zero-order valence-electron chi connectivity index (χ0n) is 14.4. The molecule has 1 amide bonds. The number of benzene rings is 1. The Hall–Kier alpha value is -2.28. The molecule has 0 saturated carbocycles. The van der Waals surface area contributed by atoms with Crippen LogP contribution >= 0.6 is 0 Å². The quantitative estimate of drug-likeness (QED) is 0.758. The summed E-state index contributed by atoms with van der Waals surface area (Å²) >= 11 is 0. The number of hydrogen-bond acceptors (Lipinski definition) is 6. The van der Waals surface area contributed by atoms with E-state index in [1.807, 2.05) is 13.8 Å². The van der Waals surface area contributed by atoms with E-state index in [-0.39, 0.29) is 30.3 Å². The van der Waals surface area contributed by atoms with Crippen LogP contribution in [0.5, 0.6) is 11.5 Å². The van der Waals surface area contributed by atoms with Gasteiger partial charge in [0, 0.05) is 19.2 Å². The summed E-state index contributed by atoms with van der Waals surface area (Å²) < 4.78 is 20.9. The molecule has 132 valence electrons. The lowest BCUT2D eigenvalue weighted by atomic mass is 10.2. The lowest BCUT2D eigenvalue weighted by Gasteiger charge is -2.35. The lowest BCUT2D eigenvalue weighted by molar-refractivity contribution is -0.146. The predicted octanol–water partition coefficient (Wildman–Crippen LogP) is 1.50. The molecule has 0 unspecified atom stereocenters. The second kappa shape index (κ2) is 8.01. The van der Waals surface area contributed by atoms with Gasteiger partial charge in [0.15, 0.2) is 6.61 Å². The minimum absolute atomic E-state index is 0.0314. The highest BCUT2D eigenvalue weighted by molar-refractivity contribution is 5.92. The highest BCUT2D eigenvalue weighted by Gasteiger charge is 2.26. The molecule has 1 heterocycles. The molecular formula is C17H23NO6. The first-order valence-electron chi connectivity index (χ1n) is 7.76. The zero-order chi connectivity index (χ0) is 17.7. The maximum atomic E-state index is 12.2. The number of morpholine rings is 1. The minimum atomic E-state index is -0.602. The molecule has 1 saturated heterocycles. The van der Waals surface area contributed by atoms with Gasteiger partial charge in [-0.1, -0.05) is 0 Å². The van der Waals surface area contributed by atoms with Crippen LogP contribution in [0.2, 0.25) is 0 Å². The molecule has 0 bridgehead atoms. The van der Waals surface area contributed by atoms with Crippen LogP contribution in [0.3, 0.4) is 0 Å². The Balaban J connectivity index is 1.96. The smallest absolute Gasteiger partial charge is 0.338 e. The van der Waals surface area contributed by atoms with E-state index in [1.165, 1.54) is 26.4 Å². The normalized spacial score (nSPS) is 20.4. The molecule has 0 aliphatic carbocycles. The monoisotopic (exact) mass is 337 g/mol. The highest BCUT2D eigenvalue weighted by atomic mass is 16.5. The molecule has 0 aromatic heterocycles. The van der Waals surface area contributed by atoms with Crippen LogP contribution in [0, 0.1) is 0 Å². The summed E-state index contributed by atoms with van der Waals surface area (Å²) in [5.41, 5.74) is 0.266. The third-order valence-electron chi connectivity index (χ3n) is 3.69. The van der Waals surface area contributed by atoms with Crippen LogP contribution in [0.1, 0.15) is 24.2 Å². The number of rotatable bonds is 5. The third kappa shape index (κ3) is 4.61. The fourth-order valence-corrected chi connectivity index (χ4v) is 2.61. The van der Waals surface area contributed by atoms with E-state index >= 15 is 0 Å². The summed E-state index contributed by atoms with van der Waals surface area (Å²) in [6.45, 7) is 4.49. The summed E-state index contributed by atoms with van der Waals surface area (Å²) in [5, 5.41) is 0. The number of carbonyl (C=O) groups excluding carboxylic acids is 2. The van der Waals surface area contributed by atoms with Gasteiger partial charge < -0.3 is 23.8 Å². The predicted molar refractivity (Wildman–Crippen MR) is 86.4 cm³/mol. The van der Waals surface area contributed by atoms with Gasteiger partial charge in [0.25, 0.3) is 5.91 Å². The SMILES string of the molecule is COc1cc(OC)cc(C(=O)OCC(=O)N2C[C@H](C)O[C@@H](C)C2)c1. The van der Waals surface area contributed by atoms with Gasteiger partial charge in [-0.15, -0.1) is 0 Å². The topological polar surface area (TPSA) is 74.3 Å². The number of carbonyl (C=O) groups is 2. The molecule has 1 aliphatic rings. The largest absolute Gasteiger partial charge is 0.497 e. The molecule has 0 spiro atoms. The standard InChI is InChI=1S/C17H23NO6/c1-11-8-18(9-12(2)24-11)16(19)10-23-17(20)13-5-14(21-3)7-15(6-13)22-4/h5-7,11-12H,8-10H2,1-4H3/t11-,12-/m0/s1. The first-order valence-corrected chi connectivity index (χ1v) is 7.76. The number of hydrogen-bond donors (Lipinski definition) is 0. The van der Waals surface area contributed by atoms with Crippen LogP contribution in [0.4, 0.5) is 0 Å². The molecule has 2 rings (SSSR count). The van der Waals surface area contributed by atoms with Crippen molar-refractivity contribution >= 4 is 11.9 Å². The Morgan fingerprint density at radius 3 is 2.12 bits per heavy atom. The Morgan fingerprint density at radius 2 is 1.62 bits per heavy atom. The second-order valence-electron chi connectivity index (χ2n) is 5.73. The number of ether oxygens (including phenoxy) is 4. The van der Waals surface area contributed by atoms with Gasteiger partial charge >= 0.3 is 5.97 Å². The van der Waals surface area contributed by atoms with Crippen molar-refractivity contribution in [3.8, 4) is 11.5 Å². The van der Waals surface area contributed by atoms with Gasteiger partial charge in [-0.2, -0.15) is 0 Å². The lowest BCUT2D eigenvalue weighted by Crippen LogP contribution is -2.49. The van der Waals surface area contributed by atoms with Gasteiger partial charge in [-0.05, 0) is 26.0 Å². The maximum absolute atomic E-state index is 12.2. The van der Waals surface area contributed by atoms with Gasteiger partial charge in [-0.3, -0.25) is 4.79 Å². The zero-order valence-corrected chi connectivity index (χ0v) is 14.4. The van der Waals surface area contributed by atoms with Crippen molar-refractivity contribution in [3.05, 3.63) is 23.8 Å². The fourth-order valence-electron chi connectivity index (χ4n) is 2.61. The molecule has 1 aromatic rings. The van der Waals surface area contributed by atoms with Crippen LogP contribution in [-0.2, 0) is 14.3 Å². The van der Waals surface area contributed by atoms with Gasteiger partial charge in [0.1, 0.15) is 11.5 Å². The van der Waals surface area contributed by atoms with E-state index in [4.69, 9.17) is 18.9 Å². The second-order valence-corrected chi connectivity index (χ2v) is 5.73. The van der Waals surface area contributed by atoms with Crippen molar-refractivity contribution in [1.29, 1.82) is 0 Å². The number of methoxy groups -OCH3 is 2. The fraction of sp³-hybridized carbons (Fsp3) is 0.529. The number of amides is 1. The maximum Gasteiger partial charge on any atom is 0.338 e. The van der Waals surface area contributed by atoms with E-state index in [0.717, 1.165) is 0 Å². The third-order valence-corrected chi connectivity index (χ3v) is 3.69. The van der Waals surface area contributed by atoms with E-state index in [0.29, 0.717) is 24.6 Å². The first-order chi connectivity index (χ1) is 11.4. The Labute approximate surface area is 141 Å². The molecule has 2 atom stereocenters. The summed E-state index contributed by atoms with van der Waals surface area (Å²) in [7, 11) is 2.99. The molecule has 1 aromatic carbocycles. The molecule has 24 heavy (non-hydrogen) atoms. The summed E-state index contributed by atoms with van der Waals surface area (Å²) in [6.07, 6.45) is -0.0629. The van der Waals surface area contributed by atoms with Gasteiger partial charge in [0.2, 0.25) is 0 Å². The molecule has 0 radical (unpaired) electrons. The summed E-state index contributed by atoms with van der Waals surface area (Å²) in [5.74, 6) is 0.113. The first kappa shape index (κ1) is 18.1. The average molecular weight is 337 g/mol. The van der Waals surface area contributed by atoms with Crippen LogP contribution in [-0.4, -0.2) is 62.9 Å². The summed E-state index contributed by atoms with van der Waals surface area (Å²) in [6, 6.07) is 4.72. The van der Waals surface area contributed by atoms with Crippen molar-refractivity contribution in [1.82, 2.24) is 4.90 Å². The van der Waals surface area contributed by atoms with Crippen LogP contribution in [0.15, 0.2) is 18.2 Å². The van der Waals surface area contributed by atoms with Crippen molar-refractivity contribution in [2.24, 2.45) is 0 Å². The van der Waals surface area contributed by atoms with Crippen molar-refractivity contribution in [3.63, 3.8) is 0 Å². The minimum Gasteiger partial charge on any atom is -0.497 e. The Kier molecular flexibility index (Phi) is 6.03. The van der Waals surface area contributed by atoms with Gasteiger partial charge in [0.05, 0.1) is 32.0 Å². The van der Waals surface area contributed by atoms with Crippen LogP contribution in [0.25, 0.3) is 0 Å². The Bertz CT molecular complexity index is 570. The summed E-state index contributed by atoms with van der Waals surface area (Å²) in [4.78, 5) is 26.0. The van der Waals surface area contributed by atoms with Crippen molar-refractivity contribution in [2.45, 2.75) is 26.1 Å². The molecule has 7 heteroatoms. The van der Waals surface area contributed by atoms with E-state index in [1.54, 1.807) is 11.0 Å². The van der Waals surface area contributed by atoms with Crippen molar-refractivity contribution < 1.29 is 28.5 Å². The molecule has 1 aliphatic heterocycles. The van der Waals surface area contributed by atoms with E-state index < -0.39 is 5.97 Å². The van der Waals surface area contributed by atoms with E-state index in [9.17, 15) is 9.59 Å². The number of esters is 1. The Morgan fingerprint density at radius 1 is 1.08 bits per heavy atom. The van der Waals surface area contributed by atoms with Gasteiger partial charge in [-0.25, -0.2) is 4.79 Å². The molecule has 1 fully saturated rings. The van der Waals surface area contributed by atoms with Crippen molar-refractivity contribution in [2.75, 3.05) is 33.9 Å². The highest BCUT2D eigenvalue weighted by Crippen LogP contribution is 2.23. The average Bonchev–Trinajstić information content (AvgIpc) is 2.57.